The van der Waals surface area contributed by atoms with Crippen LogP contribution in [0.3, 0.4) is 0 Å². The van der Waals surface area contributed by atoms with Gasteiger partial charge in [-0.2, -0.15) is 9.40 Å². The Kier molecular flexibility index (Phi) is 6.28. The van der Waals surface area contributed by atoms with Gasteiger partial charge in [-0.05, 0) is 75.1 Å². The van der Waals surface area contributed by atoms with Gasteiger partial charge in [0, 0.05) is 60.5 Å². The summed E-state index contributed by atoms with van der Waals surface area (Å²) >= 11 is 0. The van der Waals surface area contributed by atoms with E-state index in [1.807, 2.05) is 48.3 Å². The summed E-state index contributed by atoms with van der Waals surface area (Å²) in [7, 11) is -3.53. The number of aryl methyl sites for hydroxylation is 2. The second-order valence-corrected chi connectivity index (χ2v) is 12.6. The fourth-order valence-corrected chi connectivity index (χ4v) is 7.03. The minimum atomic E-state index is -3.53. The van der Waals surface area contributed by atoms with Gasteiger partial charge in [-0.15, -0.1) is 0 Å². The number of hydrogen-bond acceptors (Lipinski definition) is 5. The molecule has 0 aliphatic carbocycles. The van der Waals surface area contributed by atoms with E-state index in [1.54, 1.807) is 16.4 Å². The molecule has 2 N–H and O–H groups in total. The summed E-state index contributed by atoms with van der Waals surface area (Å²) in [4.78, 5) is 13.7. The van der Waals surface area contributed by atoms with Crippen molar-refractivity contribution >= 4 is 43.4 Å². The molecule has 6 rings (SSSR count). The first-order valence-electron chi connectivity index (χ1n) is 13.3. The van der Waals surface area contributed by atoms with Crippen molar-refractivity contribution < 1.29 is 13.2 Å². The standard InChI is InChI=1S/C28H34N6O3S/c1-18-11-21-17-34(22-14-29-15-22)31-26(21)13-25(18)30-28(35)20(3)33-16-19(2)24-12-23(7-8-27(24)33)38(36,37)32-9-5-4-6-10-32/h7-8,11-13,16-17,20,22,29H,4-6,9-10,14-15H2,1-3H3,(H,30,35). The highest BCUT2D eigenvalue weighted by atomic mass is 32.2. The largest absolute Gasteiger partial charge is 0.335 e. The van der Waals surface area contributed by atoms with Gasteiger partial charge in [0.15, 0.2) is 0 Å². The molecule has 1 unspecified atom stereocenters. The Bertz CT molecular complexity index is 1640. The van der Waals surface area contributed by atoms with Crippen molar-refractivity contribution in [2.75, 3.05) is 31.5 Å². The van der Waals surface area contributed by atoms with E-state index in [2.05, 4.69) is 22.9 Å². The summed E-state index contributed by atoms with van der Waals surface area (Å²) < 4.78 is 32.0. The maximum absolute atomic E-state index is 13.4. The monoisotopic (exact) mass is 534 g/mol. The van der Waals surface area contributed by atoms with Crippen LogP contribution in [0.4, 0.5) is 5.69 Å². The van der Waals surface area contributed by atoms with Crippen molar-refractivity contribution in [3.8, 4) is 0 Å². The molecule has 2 aromatic carbocycles. The number of piperidine rings is 1. The molecule has 9 nitrogen and oxygen atoms in total. The van der Waals surface area contributed by atoms with Crippen molar-refractivity contribution in [3.63, 3.8) is 0 Å². The average molecular weight is 535 g/mol. The second kappa shape index (κ2) is 9.52. The van der Waals surface area contributed by atoms with Gasteiger partial charge >= 0.3 is 0 Å². The van der Waals surface area contributed by atoms with Crippen LogP contribution in [-0.4, -0.2) is 59.2 Å². The highest BCUT2D eigenvalue weighted by Crippen LogP contribution is 2.30. The fourth-order valence-electron chi connectivity index (χ4n) is 5.49. The highest BCUT2D eigenvalue weighted by Gasteiger charge is 2.27. The lowest BCUT2D eigenvalue weighted by molar-refractivity contribution is -0.118. The van der Waals surface area contributed by atoms with E-state index in [0.717, 1.165) is 71.0 Å². The topological polar surface area (TPSA) is 101 Å². The zero-order valence-corrected chi connectivity index (χ0v) is 22.9. The molecule has 2 aliphatic heterocycles. The molecule has 38 heavy (non-hydrogen) atoms. The summed E-state index contributed by atoms with van der Waals surface area (Å²) in [6, 6.07) is 9.12. The maximum atomic E-state index is 13.4. The molecule has 0 spiro atoms. The van der Waals surface area contributed by atoms with Crippen LogP contribution in [0.15, 0.2) is 47.6 Å². The highest BCUT2D eigenvalue weighted by molar-refractivity contribution is 7.89. The van der Waals surface area contributed by atoms with Crippen LogP contribution in [0.5, 0.6) is 0 Å². The van der Waals surface area contributed by atoms with Gasteiger partial charge in [0.05, 0.1) is 16.5 Å². The van der Waals surface area contributed by atoms with Gasteiger partial charge in [0.2, 0.25) is 15.9 Å². The molecule has 4 aromatic rings. The van der Waals surface area contributed by atoms with Gasteiger partial charge in [-0.25, -0.2) is 8.42 Å². The van der Waals surface area contributed by atoms with Crippen LogP contribution < -0.4 is 10.6 Å². The van der Waals surface area contributed by atoms with Gasteiger partial charge in [-0.3, -0.25) is 9.48 Å². The summed E-state index contributed by atoms with van der Waals surface area (Å²) in [6.07, 6.45) is 6.86. The normalized spacial score (nSPS) is 18.1. The number of nitrogens with zero attached hydrogens (tertiary/aromatic N) is 4. The number of hydrogen-bond donors (Lipinski definition) is 2. The Balaban J connectivity index is 1.26. The summed E-state index contributed by atoms with van der Waals surface area (Å²) in [5.41, 5.74) is 4.35. The minimum Gasteiger partial charge on any atom is -0.335 e. The van der Waals surface area contributed by atoms with Crippen LogP contribution in [0.2, 0.25) is 0 Å². The van der Waals surface area contributed by atoms with Crippen LogP contribution >= 0.6 is 0 Å². The number of anilines is 1. The van der Waals surface area contributed by atoms with Gasteiger partial charge in [-0.1, -0.05) is 6.42 Å². The first-order valence-corrected chi connectivity index (χ1v) is 14.8. The molecule has 0 bridgehead atoms. The molecule has 2 saturated heterocycles. The minimum absolute atomic E-state index is 0.142. The van der Waals surface area contributed by atoms with Crippen molar-refractivity contribution in [3.05, 3.63) is 53.9 Å². The first kappa shape index (κ1) is 25.1. The average Bonchev–Trinajstić information content (AvgIpc) is 3.42. The zero-order valence-electron chi connectivity index (χ0n) is 22.1. The lowest BCUT2D eigenvalue weighted by Gasteiger charge is -2.27. The van der Waals surface area contributed by atoms with E-state index in [0.29, 0.717) is 24.0 Å². The molecule has 2 aromatic heterocycles. The number of benzene rings is 2. The Hall–Kier alpha value is -3.21. The van der Waals surface area contributed by atoms with E-state index in [4.69, 9.17) is 5.10 Å². The third-order valence-corrected chi connectivity index (χ3v) is 9.91. The number of aromatic nitrogens is 3. The van der Waals surface area contributed by atoms with Crippen LogP contribution in [0.25, 0.3) is 21.8 Å². The second-order valence-electron chi connectivity index (χ2n) is 10.7. The predicted octanol–water partition coefficient (Wildman–Crippen LogP) is 4.13. The first-order chi connectivity index (χ1) is 18.2. The smallest absolute Gasteiger partial charge is 0.247 e. The van der Waals surface area contributed by atoms with Gasteiger partial charge < -0.3 is 15.2 Å². The quantitative estimate of drug-likeness (QED) is 0.387. The molecule has 2 aliphatic rings. The number of carbonyl (C=O) groups excluding carboxylic acids is 1. The SMILES string of the molecule is Cc1cc2cn(C3CNC3)nc2cc1NC(=O)C(C)n1cc(C)c2cc(S(=O)(=O)N3CCCCC3)ccc21. The number of fused-ring (bicyclic) bond motifs is 2. The molecular weight excluding hydrogens is 500 g/mol. The van der Waals surface area contributed by atoms with E-state index in [1.165, 1.54) is 0 Å². The van der Waals surface area contributed by atoms with Crippen LogP contribution in [-0.2, 0) is 14.8 Å². The summed E-state index contributed by atoms with van der Waals surface area (Å²) in [6.45, 7) is 8.78. The number of amides is 1. The molecule has 0 saturated carbocycles. The number of nitrogens with one attached hydrogen (secondary N) is 2. The van der Waals surface area contributed by atoms with Crippen molar-refractivity contribution in [2.45, 2.75) is 57.0 Å². The summed E-state index contributed by atoms with van der Waals surface area (Å²) in [5, 5.41) is 13.0. The maximum Gasteiger partial charge on any atom is 0.247 e. The zero-order chi connectivity index (χ0) is 26.6. The lowest BCUT2D eigenvalue weighted by Crippen LogP contribution is -2.43. The van der Waals surface area contributed by atoms with E-state index in [-0.39, 0.29) is 5.91 Å². The molecule has 2 fully saturated rings. The molecule has 1 atom stereocenters. The van der Waals surface area contributed by atoms with E-state index < -0.39 is 16.1 Å². The molecular formula is C28H34N6O3S. The third-order valence-electron chi connectivity index (χ3n) is 8.01. The number of rotatable bonds is 6. The third kappa shape index (κ3) is 4.30. The summed E-state index contributed by atoms with van der Waals surface area (Å²) in [5.74, 6) is -0.142. The van der Waals surface area contributed by atoms with E-state index in [9.17, 15) is 13.2 Å². The molecule has 0 radical (unpaired) electrons. The molecule has 200 valence electrons. The van der Waals surface area contributed by atoms with Gasteiger partial charge in [0.25, 0.3) is 0 Å². The Morgan fingerprint density at radius 1 is 1.05 bits per heavy atom. The number of sulfonamides is 1. The molecule has 4 heterocycles. The molecule has 1 amide bonds. The number of carbonyl (C=O) groups is 1. The Labute approximate surface area is 222 Å². The lowest BCUT2D eigenvalue weighted by atomic mass is 10.1. The van der Waals surface area contributed by atoms with Crippen LogP contribution in [0.1, 0.15) is 49.4 Å². The molecule has 10 heteroatoms. The van der Waals surface area contributed by atoms with Gasteiger partial charge in [0.1, 0.15) is 6.04 Å². The van der Waals surface area contributed by atoms with Crippen molar-refractivity contribution in [1.29, 1.82) is 0 Å². The Morgan fingerprint density at radius 3 is 2.53 bits per heavy atom. The fraction of sp³-hybridized carbons (Fsp3) is 0.429. The van der Waals surface area contributed by atoms with Crippen molar-refractivity contribution in [2.24, 2.45) is 0 Å². The van der Waals surface area contributed by atoms with E-state index >= 15 is 0 Å². The Morgan fingerprint density at radius 2 is 1.82 bits per heavy atom. The van der Waals surface area contributed by atoms with Crippen LogP contribution in [0, 0.1) is 13.8 Å². The predicted molar refractivity (Wildman–Crippen MR) is 149 cm³/mol. The van der Waals surface area contributed by atoms with Crippen molar-refractivity contribution in [1.82, 2.24) is 24.0 Å².